The summed E-state index contributed by atoms with van der Waals surface area (Å²) < 4.78 is 0. The molecule has 0 aromatic carbocycles. The van der Waals surface area contributed by atoms with E-state index in [1.54, 1.807) is 6.92 Å². The number of aliphatic hydroxyl groups excluding tert-OH is 2. The van der Waals surface area contributed by atoms with Crippen LogP contribution in [0.25, 0.3) is 0 Å². The van der Waals surface area contributed by atoms with Crippen LogP contribution < -0.4 is 0 Å². The van der Waals surface area contributed by atoms with Gasteiger partial charge in [0.25, 0.3) is 0 Å². The van der Waals surface area contributed by atoms with Crippen LogP contribution in [-0.2, 0) is 14.4 Å². The van der Waals surface area contributed by atoms with E-state index in [-0.39, 0.29) is 6.42 Å². The first-order chi connectivity index (χ1) is 7.22. The van der Waals surface area contributed by atoms with E-state index in [1.807, 2.05) is 0 Å². The molecule has 0 aliphatic carbocycles. The Balaban J connectivity index is 0. The van der Waals surface area contributed by atoms with E-state index in [9.17, 15) is 14.4 Å². The van der Waals surface area contributed by atoms with E-state index in [4.69, 9.17) is 25.5 Å². The lowest BCUT2D eigenvalue weighted by Gasteiger charge is -1.97. The lowest BCUT2D eigenvalue weighted by Crippen LogP contribution is -2.22. The van der Waals surface area contributed by atoms with Crippen molar-refractivity contribution >= 4 is 17.9 Å². The summed E-state index contributed by atoms with van der Waals surface area (Å²) in [6.07, 6.45) is -3.45. The molecule has 0 fully saturated rings. The molecule has 8 heteroatoms. The van der Waals surface area contributed by atoms with Crippen LogP contribution in [0.2, 0.25) is 0 Å². The maximum atomic E-state index is 9.72. The molecule has 0 aliphatic rings. The Kier molecular flexibility index (Phi) is 9.03. The predicted molar refractivity (Wildman–Crippen MR) is 49.8 cm³/mol. The molecule has 16 heavy (non-hydrogen) atoms. The highest BCUT2D eigenvalue weighted by Gasteiger charge is 2.16. The predicted octanol–water partition coefficient (Wildman–Crippen LogP) is -1.25. The highest BCUT2D eigenvalue weighted by Crippen LogP contribution is 1.89. The third-order valence-corrected chi connectivity index (χ3v) is 1.32. The molecule has 0 amide bonds. The van der Waals surface area contributed by atoms with Crippen molar-refractivity contribution < 1.29 is 39.9 Å². The van der Waals surface area contributed by atoms with E-state index in [2.05, 4.69) is 0 Å². The van der Waals surface area contributed by atoms with E-state index in [1.165, 1.54) is 0 Å². The molecule has 5 N–H and O–H groups in total. The summed E-state index contributed by atoms with van der Waals surface area (Å²) in [4.78, 5) is 29.1. The smallest absolute Gasteiger partial charge is 0.333 e. The Morgan fingerprint density at radius 2 is 1.31 bits per heavy atom. The monoisotopic (exact) mass is 238 g/mol. The van der Waals surface area contributed by atoms with E-state index in [0.717, 1.165) is 0 Å². The zero-order valence-electron chi connectivity index (χ0n) is 8.53. The molecule has 94 valence electrons. The van der Waals surface area contributed by atoms with Crippen molar-refractivity contribution in [1.82, 2.24) is 0 Å². The topological polar surface area (TPSA) is 152 Å². The maximum absolute atomic E-state index is 9.72. The fourth-order valence-corrected chi connectivity index (χ4v) is 0.427. The molecule has 8 nitrogen and oxygen atoms in total. The third kappa shape index (κ3) is 10.4. The maximum Gasteiger partial charge on any atom is 0.333 e. The average Bonchev–Trinajstić information content (AvgIpc) is 2.16. The summed E-state index contributed by atoms with van der Waals surface area (Å²) in [5.74, 6) is -4.00. The average molecular weight is 238 g/mol. The second-order valence-electron chi connectivity index (χ2n) is 2.71. The second-order valence-corrected chi connectivity index (χ2v) is 2.71. The number of aliphatic carboxylic acids is 3. The van der Waals surface area contributed by atoms with Gasteiger partial charge in [-0.2, -0.15) is 0 Å². The summed E-state index contributed by atoms with van der Waals surface area (Å²) in [6, 6.07) is 0. The molecule has 2 unspecified atom stereocenters. The Morgan fingerprint density at radius 3 is 1.38 bits per heavy atom. The molecule has 0 aliphatic heterocycles. The van der Waals surface area contributed by atoms with Crippen LogP contribution in [0.15, 0.2) is 0 Å². The Hall–Kier alpha value is -1.67. The van der Waals surface area contributed by atoms with Crippen molar-refractivity contribution in [1.29, 1.82) is 0 Å². The molecule has 0 spiro atoms. The molecular formula is C8H14O8. The Bertz CT molecular complexity index is 248. The van der Waals surface area contributed by atoms with Crippen molar-refractivity contribution in [2.45, 2.75) is 32.0 Å². The molecule has 0 aromatic rings. The van der Waals surface area contributed by atoms with E-state index >= 15 is 0 Å². The van der Waals surface area contributed by atoms with Gasteiger partial charge in [-0.15, -0.1) is 0 Å². The van der Waals surface area contributed by atoms with Crippen LogP contribution in [0.4, 0.5) is 0 Å². The summed E-state index contributed by atoms with van der Waals surface area (Å²) in [5, 5.41) is 40.4. The van der Waals surface area contributed by atoms with Crippen LogP contribution in [0, 0.1) is 0 Å². The van der Waals surface area contributed by atoms with Gasteiger partial charge in [0.15, 0.2) is 12.2 Å². The zero-order chi connectivity index (χ0) is 13.3. The van der Waals surface area contributed by atoms with Gasteiger partial charge in [-0.1, -0.05) is 6.92 Å². The standard InChI is InChI=1S/C4H6O5.C4H8O3/c5-2(4(8)9)1-3(6)7;1-2-3(5)4(6)7/h2,5H,1H2,(H,6,7)(H,8,9);3,5H,2H2,1H3,(H,6,7). The van der Waals surface area contributed by atoms with Gasteiger partial charge < -0.3 is 25.5 Å². The van der Waals surface area contributed by atoms with Gasteiger partial charge in [0.1, 0.15) is 0 Å². The molecule has 0 saturated heterocycles. The number of rotatable bonds is 5. The number of carboxylic acids is 3. The van der Waals surface area contributed by atoms with Gasteiger partial charge in [0, 0.05) is 0 Å². The minimum Gasteiger partial charge on any atom is -0.481 e. The minimum atomic E-state index is -1.79. The molecule has 0 saturated carbocycles. The molecule has 2 atom stereocenters. The molecular weight excluding hydrogens is 224 g/mol. The van der Waals surface area contributed by atoms with Crippen LogP contribution in [0.1, 0.15) is 19.8 Å². The number of carboxylic acid groups (broad SMARTS) is 3. The largest absolute Gasteiger partial charge is 0.481 e. The highest BCUT2D eigenvalue weighted by molar-refractivity contribution is 5.79. The van der Waals surface area contributed by atoms with Gasteiger partial charge in [0.2, 0.25) is 0 Å². The fourth-order valence-electron chi connectivity index (χ4n) is 0.427. The van der Waals surface area contributed by atoms with E-state index < -0.39 is 36.5 Å². The van der Waals surface area contributed by atoms with Crippen LogP contribution in [0.5, 0.6) is 0 Å². The lowest BCUT2D eigenvalue weighted by molar-refractivity contribution is -0.152. The highest BCUT2D eigenvalue weighted by atomic mass is 16.4. The summed E-state index contributed by atoms with van der Waals surface area (Å²) in [5.41, 5.74) is 0. The van der Waals surface area contributed by atoms with Gasteiger partial charge in [-0.3, -0.25) is 4.79 Å². The Labute approximate surface area is 90.8 Å². The molecule has 0 aromatic heterocycles. The fraction of sp³-hybridized carbons (Fsp3) is 0.625. The number of aliphatic hydroxyl groups is 2. The van der Waals surface area contributed by atoms with Crippen molar-refractivity contribution in [2.24, 2.45) is 0 Å². The first kappa shape index (κ1) is 16.7. The number of hydrogen-bond donors (Lipinski definition) is 5. The van der Waals surface area contributed by atoms with Crippen molar-refractivity contribution in [3.05, 3.63) is 0 Å². The van der Waals surface area contributed by atoms with Crippen LogP contribution >= 0.6 is 0 Å². The molecule has 0 bridgehead atoms. The Morgan fingerprint density at radius 1 is 0.938 bits per heavy atom. The summed E-state index contributed by atoms with van der Waals surface area (Å²) >= 11 is 0. The van der Waals surface area contributed by atoms with Crippen molar-refractivity contribution in [3.8, 4) is 0 Å². The number of carbonyl (C=O) groups is 3. The molecule has 0 radical (unpaired) electrons. The first-order valence-corrected chi connectivity index (χ1v) is 4.25. The van der Waals surface area contributed by atoms with Gasteiger partial charge in [-0.05, 0) is 6.42 Å². The van der Waals surface area contributed by atoms with Crippen molar-refractivity contribution in [2.75, 3.05) is 0 Å². The van der Waals surface area contributed by atoms with Gasteiger partial charge in [-0.25, -0.2) is 9.59 Å². The summed E-state index contributed by atoms with van der Waals surface area (Å²) in [6.45, 7) is 1.61. The second kappa shape index (κ2) is 8.62. The minimum absolute atomic E-state index is 0.273. The summed E-state index contributed by atoms with van der Waals surface area (Å²) in [7, 11) is 0. The number of hydrogen-bond acceptors (Lipinski definition) is 5. The molecule has 0 heterocycles. The SMILES string of the molecule is CCC(O)C(=O)O.O=C(O)CC(O)C(=O)O. The zero-order valence-corrected chi connectivity index (χ0v) is 8.53. The molecule has 0 rings (SSSR count). The van der Waals surface area contributed by atoms with Crippen molar-refractivity contribution in [3.63, 3.8) is 0 Å². The quantitative estimate of drug-likeness (QED) is 0.398. The van der Waals surface area contributed by atoms with Gasteiger partial charge in [0.05, 0.1) is 6.42 Å². The van der Waals surface area contributed by atoms with Gasteiger partial charge >= 0.3 is 17.9 Å². The lowest BCUT2D eigenvalue weighted by atomic mass is 10.3. The third-order valence-electron chi connectivity index (χ3n) is 1.32. The first-order valence-electron chi connectivity index (χ1n) is 4.25. The van der Waals surface area contributed by atoms with Crippen LogP contribution in [0.3, 0.4) is 0 Å². The van der Waals surface area contributed by atoms with E-state index in [0.29, 0.717) is 0 Å². The van der Waals surface area contributed by atoms with Crippen LogP contribution in [-0.4, -0.2) is 55.6 Å². The normalized spacial score (nSPS) is 12.9.